The van der Waals surface area contributed by atoms with Crippen LogP contribution in [-0.4, -0.2) is 81.9 Å². The molecule has 0 aliphatic carbocycles. The van der Waals surface area contributed by atoms with Crippen LogP contribution in [0.5, 0.6) is 5.75 Å². The zero-order valence-electron chi connectivity index (χ0n) is 23.8. The summed E-state index contributed by atoms with van der Waals surface area (Å²) in [6, 6.07) is 10.6. The van der Waals surface area contributed by atoms with Crippen molar-refractivity contribution in [2.75, 3.05) is 45.2 Å². The second-order valence-electron chi connectivity index (χ2n) is 10.8. The number of anilines is 2. The van der Waals surface area contributed by atoms with Crippen LogP contribution in [0, 0.1) is 12.7 Å². The lowest BCUT2D eigenvalue weighted by molar-refractivity contribution is -0.133. The molecule has 0 radical (unpaired) electrons. The third-order valence-corrected chi connectivity index (χ3v) is 8.10. The Kier molecular flexibility index (Phi) is 7.75. The van der Waals surface area contributed by atoms with Crippen LogP contribution in [0.3, 0.4) is 0 Å². The van der Waals surface area contributed by atoms with E-state index in [1.54, 1.807) is 30.7 Å². The maximum atomic E-state index is 14.3. The summed E-state index contributed by atoms with van der Waals surface area (Å²) in [5.41, 5.74) is 4.18. The Hall–Kier alpha value is -4.51. The van der Waals surface area contributed by atoms with Crippen molar-refractivity contribution in [1.29, 1.82) is 0 Å². The molecule has 2 aliphatic heterocycles. The van der Waals surface area contributed by atoms with Crippen LogP contribution in [0.15, 0.2) is 55.0 Å². The normalized spacial score (nSPS) is 17.1. The molecule has 2 fully saturated rings. The molecule has 2 aliphatic rings. The summed E-state index contributed by atoms with van der Waals surface area (Å²) in [6.07, 6.45) is 7.81. The molecule has 2 aromatic carbocycles. The fourth-order valence-corrected chi connectivity index (χ4v) is 5.76. The maximum Gasteiger partial charge on any atom is 0.254 e. The van der Waals surface area contributed by atoms with Gasteiger partial charge in [-0.15, -0.1) is 0 Å². The van der Waals surface area contributed by atoms with Crippen LogP contribution in [-0.2, 0) is 4.79 Å². The van der Waals surface area contributed by atoms with Crippen molar-refractivity contribution in [2.45, 2.75) is 32.2 Å². The first-order valence-corrected chi connectivity index (χ1v) is 14.3. The number of rotatable bonds is 7. The van der Waals surface area contributed by atoms with E-state index in [9.17, 15) is 14.0 Å². The largest absolute Gasteiger partial charge is 0.494 e. The number of carbonyl (C=O) groups excluding carboxylic acids is 2. The first-order valence-electron chi connectivity index (χ1n) is 14.3. The van der Waals surface area contributed by atoms with Gasteiger partial charge in [0.15, 0.2) is 23.0 Å². The number of imidazole rings is 1. The quantitative estimate of drug-likeness (QED) is 0.345. The Morgan fingerprint density at radius 1 is 1.10 bits per heavy atom. The number of ether oxygens (including phenoxy) is 1. The number of halogens is 1. The molecule has 4 aromatic rings. The molecule has 1 atom stereocenters. The Labute approximate surface area is 243 Å². The van der Waals surface area contributed by atoms with Crippen molar-refractivity contribution in [3.8, 4) is 17.0 Å². The molecule has 0 spiro atoms. The molecule has 2 aromatic heterocycles. The number of hydrogen-bond acceptors (Lipinski definition) is 7. The average Bonchev–Trinajstić information content (AvgIpc) is 3.68. The highest BCUT2D eigenvalue weighted by Crippen LogP contribution is 2.29. The van der Waals surface area contributed by atoms with Gasteiger partial charge in [0.2, 0.25) is 5.91 Å². The zero-order valence-corrected chi connectivity index (χ0v) is 23.8. The fourth-order valence-electron chi connectivity index (χ4n) is 5.76. The number of nitrogens with one attached hydrogen (secondary N) is 2. The lowest BCUT2D eigenvalue weighted by Gasteiger charge is -2.35. The van der Waals surface area contributed by atoms with Crippen molar-refractivity contribution in [3.05, 3.63) is 71.9 Å². The van der Waals surface area contributed by atoms with Gasteiger partial charge in [0, 0.05) is 67.8 Å². The number of piperazine rings is 1. The van der Waals surface area contributed by atoms with Crippen LogP contribution >= 0.6 is 0 Å². The SMILES string of the molecule is COc1ccc(-c2cnc3c(Nc4ccc(C(=O)N5CCN(C(=O)CC6CCCN6)CC5)c(C)c4)nccn23)cc1F. The molecule has 0 bridgehead atoms. The van der Waals surface area contributed by atoms with Crippen molar-refractivity contribution in [3.63, 3.8) is 0 Å². The highest BCUT2D eigenvalue weighted by Gasteiger charge is 2.27. The number of carbonyl (C=O) groups is 2. The van der Waals surface area contributed by atoms with E-state index in [0.717, 1.165) is 30.6 Å². The van der Waals surface area contributed by atoms with Gasteiger partial charge in [-0.25, -0.2) is 14.4 Å². The van der Waals surface area contributed by atoms with Crippen molar-refractivity contribution in [1.82, 2.24) is 29.5 Å². The summed E-state index contributed by atoms with van der Waals surface area (Å²) in [5, 5.41) is 6.69. The molecule has 10 nitrogen and oxygen atoms in total. The van der Waals surface area contributed by atoms with Gasteiger partial charge < -0.3 is 25.2 Å². The smallest absolute Gasteiger partial charge is 0.254 e. The predicted molar refractivity (Wildman–Crippen MR) is 158 cm³/mol. The molecule has 11 heteroatoms. The summed E-state index contributed by atoms with van der Waals surface area (Å²) in [4.78, 5) is 38.7. The van der Waals surface area contributed by atoms with E-state index in [0.29, 0.717) is 60.9 Å². The summed E-state index contributed by atoms with van der Waals surface area (Å²) in [6.45, 7) is 5.05. The van der Waals surface area contributed by atoms with Gasteiger partial charge in [-0.2, -0.15) is 0 Å². The second kappa shape index (κ2) is 11.8. The first kappa shape index (κ1) is 27.6. The van der Waals surface area contributed by atoms with Crippen LogP contribution in [0.4, 0.5) is 15.9 Å². The van der Waals surface area contributed by atoms with Gasteiger partial charge in [0.25, 0.3) is 5.91 Å². The predicted octanol–water partition coefficient (Wildman–Crippen LogP) is 4.02. The second-order valence-corrected chi connectivity index (χ2v) is 10.8. The van der Waals surface area contributed by atoms with Gasteiger partial charge in [-0.05, 0) is 68.3 Å². The van der Waals surface area contributed by atoms with E-state index in [1.165, 1.54) is 13.2 Å². The van der Waals surface area contributed by atoms with Gasteiger partial charge >= 0.3 is 0 Å². The molecular weight excluding hydrogens is 537 g/mol. The summed E-state index contributed by atoms with van der Waals surface area (Å²) in [7, 11) is 1.43. The zero-order chi connectivity index (χ0) is 29.2. The Morgan fingerprint density at radius 2 is 1.90 bits per heavy atom. The standard InChI is InChI=1S/C31H34FN7O3/c1-20-16-23(6-7-24(20)31(41)38-14-12-37(13-15-38)28(40)18-22-4-3-9-33-22)36-29-30-35-19-26(39(30)11-10-34-29)21-5-8-27(42-2)25(32)17-21/h5-8,10-11,16-17,19,22,33H,3-4,9,12-15,18H2,1-2H3,(H,34,36). The van der Waals surface area contributed by atoms with E-state index < -0.39 is 5.82 Å². The molecule has 4 heterocycles. The number of fused-ring (bicyclic) bond motifs is 1. The third kappa shape index (κ3) is 5.52. The summed E-state index contributed by atoms with van der Waals surface area (Å²) in [5.74, 6) is 0.393. The molecule has 218 valence electrons. The highest BCUT2D eigenvalue weighted by molar-refractivity contribution is 5.96. The van der Waals surface area contributed by atoms with Crippen LogP contribution in [0.1, 0.15) is 35.2 Å². The van der Waals surface area contributed by atoms with Crippen LogP contribution < -0.4 is 15.4 Å². The van der Waals surface area contributed by atoms with Gasteiger partial charge in [0.1, 0.15) is 0 Å². The van der Waals surface area contributed by atoms with Gasteiger partial charge in [-0.3, -0.25) is 14.0 Å². The minimum absolute atomic E-state index is 0.0338. The number of aryl methyl sites for hydroxylation is 1. The molecule has 2 saturated heterocycles. The molecule has 2 amide bonds. The maximum absolute atomic E-state index is 14.3. The number of hydrogen-bond donors (Lipinski definition) is 2. The topological polar surface area (TPSA) is 104 Å². The third-order valence-electron chi connectivity index (χ3n) is 8.10. The van der Waals surface area contributed by atoms with Crippen molar-refractivity contribution < 1.29 is 18.7 Å². The number of benzene rings is 2. The Bertz CT molecular complexity index is 1620. The fraction of sp³-hybridized carbons (Fsp3) is 0.355. The molecule has 42 heavy (non-hydrogen) atoms. The van der Waals surface area contributed by atoms with E-state index >= 15 is 0 Å². The Balaban J connectivity index is 1.12. The molecule has 1 unspecified atom stereocenters. The van der Waals surface area contributed by atoms with Gasteiger partial charge in [0.05, 0.1) is 19.0 Å². The molecule has 2 N–H and O–H groups in total. The number of amides is 2. The van der Waals surface area contributed by atoms with E-state index in [2.05, 4.69) is 20.6 Å². The molecule has 0 saturated carbocycles. The number of aromatic nitrogens is 3. The molecule has 6 rings (SSSR count). The summed E-state index contributed by atoms with van der Waals surface area (Å²) >= 11 is 0. The number of methoxy groups -OCH3 is 1. The lowest BCUT2D eigenvalue weighted by atomic mass is 10.1. The lowest BCUT2D eigenvalue weighted by Crippen LogP contribution is -2.51. The molecular formula is C31H34FN7O3. The summed E-state index contributed by atoms with van der Waals surface area (Å²) < 4.78 is 21.2. The number of nitrogens with zero attached hydrogens (tertiary/aromatic N) is 5. The van der Waals surface area contributed by atoms with E-state index in [-0.39, 0.29) is 23.6 Å². The monoisotopic (exact) mass is 571 g/mol. The van der Waals surface area contributed by atoms with Gasteiger partial charge in [-0.1, -0.05) is 0 Å². The van der Waals surface area contributed by atoms with Crippen LogP contribution in [0.25, 0.3) is 16.9 Å². The van der Waals surface area contributed by atoms with Crippen molar-refractivity contribution >= 4 is 29.0 Å². The minimum atomic E-state index is -0.449. The highest BCUT2D eigenvalue weighted by atomic mass is 19.1. The van der Waals surface area contributed by atoms with Crippen LogP contribution in [0.2, 0.25) is 0 Å². The van der Waals surface area contributed by atoms with Crippen molar-refractivity contribution in [2.24, 2.45) is 0 Å². The first-order chi connectivity index (χ1) is 20.4. The Morgan fingerprint density at radius 3 is 2.62 bits per heavy atom. The van der Waals surface area contributed by atoms with E-state index in [1.807, 2.05) is 39.3 Å². The van der Waals surface area contributed by atoms with E-state index in [4.69, 9.17) is 4.74 Å². The minimum Gasteiger partial charge on any atom is -0.494 e. The average molecular weight is 572 g/mol.